The molecule has 0 aromatic carbocycles. The van der Waals surface area contributed by atoms with Crippen LogP contribution < -0.4 is 0 Å². The first-order valence-corrected chi connectivity index (χ1v) is 7.61. The molecule has 8 heteroatoms. The second-order valence-corrected chi connectivity index (χ2v) is 4.37. The largest absolute Gasteiger partial charge is 0.468 e. The van der Waals surface area contributed by atoms with Crippen molar-refractivity contribution in [2.24, 2.45) is 0 Å². The van der Waals surface area contributed by atoms with Gasteiger partial charge in [0.25, 0.3) is 0 Å². The van der Waals surface area contributed by atoms with Crippen LogP contribution in [-0.2, 0) is 19.0 Å². The minimum Gasteiger partial charge on any atom is -0.468 e. The van der Waals surface area contributed by atoms with Gasteiger partial charge in [0.05, 0.1) is 26.9 Å². The molecular weight excluding hydrogens is 304 g/mol. The lowest BCUT2D eigenvalue weighted by atomic mass is 10.3. The van der Waals surface area contributed by atoms with E-state index in [1.54, 1.807) is 19.9 Å². The highest BCUT2D eigenvalue weighted by molar-refractivity contribution is 5.80. The van der Waals surface area contributed by atoms with Crippen LogP contribution in [-0.4, -0.2) is 61.6 Å². The normalized spacial score (nSPS) is 10.3. The number of esters is 1. The van der Waals surface area contributed by atoms with Gasteiger partial charge in [-0.3, -0.25) is 4.79 Å². The molecule has 0 aliphatic carbocycles. The molecule has 23 heavy (non-hydrogen) atoms. The molecule has 0 atom stereocenters. The summed E-state index contributed by atoms with van der Waals surface area (Å²) in [6.07, 6.45) is 3.84. The Labute approximate surface area is 136 Å². The zero-order valence-electron chi connectivity index (χ0n) is 14.2. The van der Waals surface area contributed by atoms with Crippen LogP contribution in [0.25, 0.3) is 0 Å². The molecule has 0 saturated carbocycles. The van der Waals surface area contributed by atoms with Crippen molar-refractivity contribution >= 4 is 18.2 Å². The van der Waals surface area contributed by atoms with Crippen LogP contribution >= 0.6 is 0 Å². The molecule has 132 valence electrons. The minimum atomic E-state index is -0.824. The molecule has 0 bridgehead atoms. The Bertz CT molecular complexity index is 411. The quantitative estimate of drug-likeness (QED) is 0.294. The Morgan fingerprint density at radius 3 is 1.96 bits per heavy atom. The summed E-state index contributed by atoms with van der Waals surface area (Å²) in [4.78, 5) is 35.7. The first-order chi connectivity index (χ1) is 11.0. The van der Waals surface area contributed by atoms with Gasteiger partial charge in [-0.1, -0.05) is 25.5 Å². The van der Waals surface area contributed by atoms with Gasteiger partial charge in [-0.2, -0.15) is 0 Å². The van der Waals surface area contributed by atoms with Crippen molar-refractivity contribution in [3.63, 3.8) is 0 Å². The van der Waals surface area contributed by atoms with Crippen LogP contribution in [0, 0.1) is 0 Å². The fourth-order valence-corrected chi connectivity index (χ4v) is 1.56. The Hall–Kier alpha value is -2.25. The number of carbonyl (C=O) groups excluding carboxylic acids is 3. The van der Waals surface area contributed by atoms with Gasteiger partial charge in [-0.05, 0) is 20.3 Å². The minimum absolute atomic E-state index is 0.0780. The number of rotatable bonds is 8. The first-order valence-electron chi connectivity index (χ1n) is 7.61. The molecule has 2 amide bonds. The summed E-state index contributed by atoms with van der Waals surface area (Å²) in [5, 5.41) is 1.90. The number of nitrogens with zero attached hydrogens (tertiary/aromatic N) is 2. The zero-order chi connectivity index (χ0) is 17.7. The molecule has 0 spiro atoms. The van der Waals surface area contributed by atoms with Crippen molar-refractivity contribution in [1.82, 2.24) is 10.0 Å². The molecular formula is C15H26N2O6. The van der Waals surface area contributed by atoms with Crippen LogP contribution in [0.4, 0.5) is 9.59 Å². The molecule has 0 aromatic rings. The third-order valence-electron chi connectivity index (χ3n) is 2.66. The molecule has 0 N–H and O–H groups in total. The van der Waals surface area contributed by atoms with E-state index in [9.17, 15) is 14.4 Å². The Morgan fingerprint density at radius 1 is 0.913 bits per heavy atom. The second kappa shape index (κ2) is 12.3. The number of allylic oxidation sites excluding steroid dienone is 1. The molecule has 0 fully saturated rings. The van der Waals surface area contributed by atoms with E-state index >= 15 is 0 Å². The predicted molar refractivity (Wildman–Crippen MR) is 83.5 cm³/mol. The maximum Gasteiger partial charge on any atom is 0.429 e. The van der Waals surface area contributed by atoms with Crippen molar-refractivity contribution in [3.8, 4) is 0 Å². The third kappa shape index (κ3) is 8.08. The summed E-state index contributed by atoms with van der Waals surface area (Å²) in [7, 11) is 1.20. The lowest BCUT2D eigenvalue weighted by Gasteiger charge is -2.31. The Morgan fingerprint density at radius 2 is 1.48 bits per heavy atom. The smallest absolute Gasteiger partial charge is 0.429 e. The van der Waals surface area contributed by atoms with Gasteiger partial charge in [0, 0.05) is 0 Å². The average Bonchev–Trinajstić information content (AvgIpc) is 2.53. The molecule has 0 rings (SSSR count). The van der Waals surface area contributed by atoms with E-state index < -0.39 is 24.7 Å². The topological polar surface area (TPSA) is 85.4 Å². The van der Waals surface area contributed by atoms with Crippen LogP contribution in [0.5, 0.6) is 0 Å². The predicted octanol–water partition coefficient (Wildman–Crippen LogP) is 2.35. The van der Waals surface area contributed by atoms with Crippen molar-refractivity contribution in [2.45, 2.75) is 33.6 Å². The highest BCUT2D eigenvalue weighted by atomic mass is 16.6. The number of amides is 2. The lowest BCUT2D eigenvalue weighted by Crippen LogP contribution is -2.52. The average molecular weight is 330 g/mol. The third-order valence-corrected chi connectivity index (χ3v) is 2.66. The van der Waals surface area contributed by atoms with E-state index in [4.69, 9.17) is 9.47 Å². The van der Waals surface area contributed by atoms with Gasteiger partial charge in [0.2, 0.25) is 0 Å². The molecule has 0 aromatic heterocycles. The number of hydrogen-bond donors (Lipinski definition) is 0. The zero-order valence-corrected chi connectivity index (χ0v) is 14.2. The molecule has 0 unspecified atom stereocenters. The lowest BCUT2D eigenvalue weighted by molar-refractivity contribution is -0.145. The first kappa shape index (κ1) is 20.8. The Balaban J connectivity index is 5.26. The van der Waals surface area contributed by atoms with Crippen molar-refractivity contribution in [1.29, 1.82) is 0 Å². The number of carbonyl (C=O) groups is 3. The summed E-state index contributed by atoms with van der Waals surface area (Å²) < 4.78 is 14.4. The van der Waals surface area contributed by atoms with Gasteiger partial charge < -0.3 is 14.2 Å². The highest BCUT2D eigenvalue weighted by Crippen LogP contribution is 2.06. The molecule has 0 saturated heterocycles. The maximum atomic E-state index is 12.1. The number of unbranched alkanes of at least 4 members (excludes halogenated alkanes) is 1. The number of hydrogen-bond acceptors (Lipinski definition) is 6. The summed E-state index contributed by atoms with van der Waals surface area (Å²) >= 11 is 0. The van der Waals surface area contributed by atoms with Gasteiger partial charge in [0.1, 0.15) is 6.54 Å². The molecule has 0 heterocycles. The van der Waals surface area contributed by atoms with E-state index in [0.29, 0.717) is 0 Å². The molecule has 8 nitrogen and oxygen atoms in total. The van der Waals surface area contributed by atoms with Gasteiger partial charge in [0.15, 0.2) is 0 Å². The fourth-order valence-electron chi connectivity index (χ4n) is 1.56. The highest BCUT2D eigenvalue weighted by Gasteiger charge is 2.29. The van der Waals surface area contributed by atoms with Gasteiger partial charge in [-0.25, -0.2) is 19.6 Å². The van der Waals surface area contributed by atoms with E-state index in [1.165, 1.54) is 7.11 Å². The summed E-state index contributed by atoms with van der Waals surface area (Å²) in [5.41, 5.74) is 0. The van der Waals surface area contributed by atoms with E-state index in [1.807, 2.05) is 13.0 Å². The molecule has 0 radical (unpaired) electrons. The van der Waals surface area contributed by atoms with Crippen LogP contribution in [0.1, 0.15) is 33.6 Å². The van der Waals surface area contributed by atoms with Crippen molar-refractivity contribution in [2.75, 3.05) is 33.4 Å². The second-order valence-electron chi connectivity index (χ2n) is 4.37. The maximum absolute atomic E-state index is 12.1. The summed E-state index contributed by atoms with van der Waals surface area (Å²) in [6.45, 7) is 5.18. The van der Waals surface area contributed by atoms with Crippen molar-refractivity contribution < 1.29 is 28.6 Å². The number of methoxy groups -OCH3 is 1. The monoisotopic (exact) mass is 330 g/mol. The van der Waals surface area contributed by atoms with Gasteiger partial charge in [-0.15, -0.1) is 0 Å². The van der Waals surface area contributed by atoms with Crippen LogP contribution in [0.2, 0.25) is 0 Å². The number of ether oxygens (including phenoxy) is 3. The van der Waals surface area contributed by atoms with E-state index in [-0.39, 0.29) is 19.8 Å². The Kier molecular flexibility index (Phi) is 11.1. The summed E-state index contributed by atoms with van der Waals surface area (Å²) in [5.74, 6) is -0.676. The summed E-state index contributed by atoms with van der Waals surface area (Å²) in [6, 6.07) is 0. The SMILES string of the molecule is CCC/C=C/CN(C(=O)OCC)N(CC(=O)OC)C(=O)OCC. The fraction of sp³-hybridized carbons (Fsp3) is 0.667. The molecule has 0 aliphatic rings. The van der Waals surface area contributed by atoms with Crippen LogP contribution in [0.3, 0.4) is 0 Å². The van der Waals surface area contributed by atoms with E-state index in [2.05, 4.69) is 4.74 Å². The van der Waals surface area contributed by atoms with Crippen molar-refractivity contribution in [3.05, 3.63) is 12.2 Å². The molecule has 0 aliphatic heterocycles. The number of hydrazine groups is 1. The standard InChI is InChI=1S/C15H26N2O6/c1-5-8-9-10-11-16(14(19)22-6-2)17(12-13(18)21-4)15(20)23-7-3/h9-10H,5-8,11-12H2,1-4H3/b10-9+. The van der Waals surface area contributed by atoms with E-state index in [0.717, 1.165) is 22.9 Å². The van der Waals surface area contributed by atoms with Crippen LogP contribution in [0.15, 0.2) is 12.2 Å². The van der Waals surface area contributed by atoms with Gasteiger partial charge >= 0.3 is 18.2 Å².